The van der Waals surface area contributed by atoms with Gasteiger partial charge in [0.25, 0.3) is 0 Å². The van der Waals surface area contributed by atoms with Crippen LogP contribution >= 0.6 is 11.3 Å². The Kier molecular flexibility index (Phi) is 2.66. The number of aromatic nitrogens is 1. The van der Waals surface area contributed by atoms with Crippen molar-refractivity contribution in [3.8, 4) is 5.75 Å². The van der Waals surface area contributed by atoms with Gasteiger partial charge in [0.15, 0.2) is 5.13 Å². The Morgan fingerprint density at radius 1 is 1.44 bits per heavy atom. The molecule has 0 unspecified atom stereocenters. The zero-order valence-electron chi connectivity index (χ0n) is 8.81. The molecular formula is C10H10N2O3S. The van der Waals surface area contributed by atoms with Gasteiger partial charge in [-0.2, -0.15) is 0 Å². The molecule has 1 aromatic carbocycles. The molecule has 0 atom stereocenters. The number of nitrogens with two attached hydrogens (primary N) is 1. The van der Waals surface area contributed by atoms with E-state index in [1.165, 1.54) is 25.6 Å². The SMILES string of the molecule is COC(=O)c1cc2sc(N)nc2cc1OC. The molecule has 2 N–H and O–H groups in total. The number of rotatable bonds is 2. The fraction of sp³-hybridized carbons (Fsp3) is 0.200. The molecule has 0 aliphatic rings. The molecule has 2 aromatic rings. The Balaban J connectivity index is 2.66. The van der Waals surface area contributed by atoms with Crippen LogP contribution in [0.4, 0.5) is 5.13 Å². The van der Waals surface area contributed by atoms with Crippen LogP contribution in [0, 0.1) is 0 Å². The average Bonchev–Trinajstić information content (AvgIpc) is 2.65. The number of methoxy groups -OCH3 is 2. The topological polar surface area (TPSA) is 74.4 Å². The van der Waals surface area contributed by atoms with E-state index in [0.29, 0.717) is 22.0 Å². The number of carbonyl (C=O) groups is 1. The van der Waals surface area contributed by atoms with Crippen LogP contribution in [0.25, 0.3) is 10.2 Å². The minimum Gasteiger partial charge on any atom is -0.496 e. The van der Waals surface area contributed by atoms with Gasteiger partial charge in [-0.1, -0.05) is 11.3 Å². The van der Waals surface area contributed by atoms with E-state index in [1.807, 2.05) is 0 Å². The van der Waals surface area contributed by atoms with Gasteiger partial charge in [0, 0.05) is 6.07 Å². The zero-order chi connectivity index (χ0) is 11.7. The molecular weight excluding hydrogens is 228 g/mol. The zero-order valence-corrected chi connectivity index (χ0v) is 9.63. The van der Waals surface area contributed by atoms with Crippen LogP contribution in [0.2, 0.25) is 0 Å². The number of carbonyl (C=O) groups excluding carboxylic acids is 1. The molecule has 16 heavy (non-hydrogen) atoms. The molecule has 1 aromatic heterocycles. The summed E-state index contributed by atoms with van der Waals surface area (Å²) in [4.78, 5) is 15.6. The summed E-state index contributed by atoms with van der Waals surface area (Å²) in [5, 5.41) is 0.457. The second-order valence-corrected chi connectivity index (χ2v) is 4.13. The quantitative estimate of drug-likeness (QED) is 0.805. The number of nitrogens with zero attached hydrogens (tertiary/aromatic N) is 1. The first-order chi connectivity index (χ1) is 7.65. The molecule has 0 saturated heterocycles. The summed E-state index contributed by atoms with van der Waals surface area (Å²) in [5.74, 6) is -0.00429. The maximum Gasteiger partial charge on any atom is 0.341 e. The van der Waals surface area contributed by atoms with Gasteiger partial charge in [-0.25, -0.2) is 9.78 Å². The third-order valence-electron chi connectivity index (χ3n) is 2.13. The second kappa shape index (κ2) is 3.97. The monoisotopic (exact) mass is 238 g/mol. The highest BCUT2D eigenvalue weighted by atomic mass is 32.1. The standard InChI is InChI=1S/C10H10N2O3S/c1-14-7-4-6-8(16-10(11)12-6)3-5(7)9(13)15-2/h3-4H,1-2H3,(H2,11,12). The van der Waals surface area contributed by atoms with Crippen molar-refractivity contribution < 1.29 is 14.3 Å². The highest BCUT2D eigenvalue weighted by Crippen LogP contribution is 2.30. The summed E-state index contributed by atoms with van der Waals surface area (Å²) in [6, 6.07) is 3.35. The Morgan fingerprint density at radius 3 is 2.81 bits per heavy atom. The lowest BCUT2D eigenvalue weighted by atomic mass is 10.2. The molecule has 0 spiro atoms. The molecule has 0 radical (unpaired) electrons. The van der Waals surface area contributed by atoms with Gasteiger partial charge >= 0.3 is 5.97 Å². The van der Waals surface area contributed by atoms with Gasteiger partial charge in [-0.05, 0) is 6.07 Å². The molecule has 0 amide bonds. The summed E-state index contributed by atoms with van der Waals surface area (Å²) in [7, 11) is 2.82. The molecule has 2 rings (SSSR count). The lowest BCUT2D eigenvalue weighted by Gasteiger charge is -2.05. The maximum absolute atomic E-state index is 11.5. The number of nitrogen functional groups attached to an aromatic ring is 1. The van der Waals surface area contributed by atoms with E-state index < -0.39 is 5.97 Å². The van der Waals surface area contributed by atoms with E-state index in [0.717, 1.165) is 4.70 Å². The van der Waals surface area contributed by atoms with Crippen molar-refractivity contribution >= 4 is 32.7 Å². The van der Waals surface area contributed by atoms with E-state index >= 15 is 0 Å². The first-order valence-corrected chi connectivity index (χ1v) is 5.29. The normalized spacial score (nSPS) is 10.4. The predicted octanol–water partition coefficient (Wildman–Crippen LogP) is 1.67. The van der Waals surface area contributed by atoms with Gasteiger partial charge in [0.1, 0.15) is 11.3 Å². The van der Waals surface area contributed by atoms with Crippen LogP contribution in [0.3, 0.4) is 0 Å². The fourth-order valence-corrected chi connectivity index (χ4v) is 2.17. The van der Waals surface area contributed by atoms with E-state index in [4.69, 9.17) is 10.5 Å². The van der Waals surface area contributed by atoms with Crippen LogP contribution in [0.5, 0.6) is 5.75 Å². The number of fused-ring (bicyclic) bond motifs is 1. The first kappa shape index (κ1) is 10.7. The summed E-state index contributed by atoms with van der Waals surface area (Å²) in [6.45, 7) is 0. The number of benzene rings is 1. The van der Waals surface area contributed by atoms with Crippen molar-refractivity contribution in [2.24, 2.45) is 0 Å². The van der Waals surface area contributed by atoms with Gasteiger partial charge in [0.2, 0.25) is 0 Å². The third kappa shape index (κ3) is 1.67. The smallest absolute Gasteiger partial charge is 0.341 e. The first-order valence-electron chi connectivity index (χ1n) is 4.48. The molecule has 0 saturated carbocycles. The summed E-state index contributed by atoms with van der Waals surface area (Å²) >= 11 is 1.32. The Morgan fingerprint density at radius 2 is 2.19 bits per heavy atom. The highest BCUT2D eigenvalue weighted by Gasteiger charge is 2.15. The molecule has 0 bridgehead atoms. The Hall–Kier alpha value is -1.82. The lowest BCUT2D eigenvalue weighted by molar-refractivity contribution is 0.0597. The van der Waals surface area contributed by atoms with Crippen molar-refractivity contribution in [3.05, 3.63) is 17.7 Å². The molecule has 6 heteroatoms. The number of ether oxygens (including phenoxy) is 2. The van der Waals surface area contributed by atoms with Crippen molar-refractivity contribution in [1.29, 1.82) is 0 Å². The summed E-state index contributed by atoms with van der Waals surface area (Å²) in [5.41, 5.74) is 6.68. The molecule has 84 valence electrons. The highest BCUT2D eigenvalue weighted by molar-refractivity contribution is 7.22. The number of thiazole rings is 1. The number of hydrogen-bond acceptors (Lipinski definition) is 6. The second-order valence-electron chi connectivity index (χ2n) is 3.06. The molecule has 0 fully saturated rings. The summed E-state index contributed by atoms with van der Waals surface area (Å²) < 4.78 is 10.6. The van der Waals surface area contributed by atoms with Gasteiger partial charge in [-0.15, -0.1) is 0 Å². The van der Waals surface area contributed by atoms with Crippen molar-refractivity contribution in [3.63, 3.8) is 0 Å². The molecule has 0 aliphatic carbocycles. The van der Waals surface area contributed by atoms with Crippen LogP contribution in [0.15, 0.2) is 12.1 Å². The largest absolute Gasteiger partial charge is 0.496 e. The van der Waals surface area contributed by atoms with Crippen LogP contribution in [-0.4, -0.2) is 25.2 Å². The van der Waals surface area contributed by atoms with Crippen molar-refractivity contribution in [1.82, 2.24) is 4.98 Å². The van der Waals surface area contributed by atoms with Crippen LogP contribution < -0.4 is 10.5 Å². The van der Waals surface area contributed by atoms with Gasteiger partial charge in [0.05, 0.1) is 24.4 Å². The number of esters is 1. The van der Waals surface area contributed by atoms with E-state index in [2.05, 4.69) is 9.72 Å². The lowest BCUT2D eigenvalue weighted by Crippen LogP contribution is -2.03. The van der Waals surface area contributed by atoms with Gasteiger partial charge in [-0.3, -0.25) is 0 Å². The molecule has 5 nitrogen and oxygen atoms in total. The Bertz CT molecular complexity index is 550. The third-order valence-corrected chi connectivity index (χ3v) is 2.98. The number of anilines is 1. The maximum atomic E-state index is 11.5. The Labute approximate surface area is 95.8 Å². The van der Waals surface area contributed by atoms with E-state index in [9.17, 15) is 4.79 Å². The predicted molar refractivity (Wildman–Crippen MR) is 61.9 cm³/mol. The van der Waals surface area contributed by atoms with Gasteiger partial charge < -0.3 is 15.2 Å². The van der Waals surface area contributed by atoms with E-state index in [1.54, 1.807) is 12.1 Å². The van der Waals surface area contributed by atoms with Crippen molar-refractivity contribution in [2.75, 3.05) is 20.0 Å². The van der Waals surface area contributed by atoms with Crippen molar-refractivity contribution in [2.45, 2.75) is 0 Å². The fourth-order valence-electron chi connectivity index (χ4n) is 1.41. The number of hydrogen-bond donors (Lipinski definition) is 1. The summed E-state index contributed by atoms with van der Waals surface area (Å²) in [6.07, 6.45) is 0. The minimum absolute atomic E-state index is 0.376. The molecule has 0 aliphatic heterocycles. The van der Waals surface area contributed by atoms with Crippen LogP contribution in [0.1, 0.15) is 10.4 Å². The molecule has 1 heterocycles. The minimum atomic E-state index is -0.439. The average molecular weight is 238 g/mol. The van der Waals surface area contributed by atoms with E-state index in [-0.39, 0.29) is 0 Å². The van der Waals surface area contributed by atoms with Crippen LogP contribution in [-0.2, 0) is 4.74 Å².